The summed E-state index contributed by atoms with van der Waals surface area (Å²) in [5, 5.41) is 14.6. The molecule has 0 radical (unpaired) electrons. The lowest BCUT2D eigenvalue weighted by molar-refractivity contribution is -0.116. The van der Waals surface area contributed by atoms with Gasteiger partial charge in [0.25, 0.3) is 0 Å². The van der Waals surface area contributed by atoms with Crippen LogP contribution in [-0.4, -0.2) is 42.2 Å². The molecule has 2 aromatic carbocycles. The molecule has 1 amide bonds. The van der Waals surface area contributed by atoms with E-state index >= 15 is 0 Å². The number of hydrogen-bond acceptors (Lipinski definition) is 4. The standard InChI is InChI=1S/C23H27ClN2O3/c24-19-6-2-1-5-18(19)23(28)11-14-26(15-12-23)13-4-16-29-21-8-3-7-20-17(21)9-10-22(27)25-20/h1-3,5-8,28H,4,9-16H2,(H,25,27). The Balaban J connectivity index is 1.24. The molecule has 154 valence electrons. The van der Waals surface area contributed by atoms with Crippen molar-refractivity contribution in [1.82, 2.24) is 4.90 Å². The Morgan fingerprint density at radius 1 is 1.10 bits per heavy atom. The highest BCUT2D eigenvalue weighted by atomic mass is 35.5. The molecule has 1 fully saturated rings. The fraction of sp³-hybridized carbons (Fsp3) is 0.435. The molecular formula is C23H27ClN2O3. The quantitative estimate of drug-likeness (QED) is 0.702. The zero-order valence-corrected chi connectivity index (χ0v) is 17.3. The highest BCUT2D eigenvalue weighted by Crippen LogP contribution is 2.36. The minimum absolute atomic E-state index is 0.0662. The first kappa shape index (κ1) is 20.2. The van der Waals surface area contributed by atoms with Crippen molar-refractivity contribution in [3.8, 4) is 5.75 Å². The number of anilines is 1. The van der Waals surface area contributed by atoms with Crippen LogP contribution in [0.4, 0.5) is 5.69 Å². The van der Waals surface area contributed by atoms with Crippen LogP contribution in [0.2, 0.25) is 5.02 Å². The maximum atomic E-state index is 11.5. The summed E-state index contributed by atoms with van der Waals surface area (Å²) < 4.78 is 6.01. The normalized spacial score (nSPS) is 18.8. The minimum Gasteiger partial charge on any atom is -0.493 e. The summed E-state index contributed by atoms with van der Waals surface area (Å²) in [4.78, 5) is 13.9. The Kier molecular flexibility index (Phi) is 6.09. The van der Waals surface area contributed by atoms with Crippen LogP contribution in [0.5, 0.6) is 5.75 Å². The summed E-state index contributed by atoms with van der Waals surface area (Å²) in [7, 11) is 0. The number of halogens is 1. The maximum absolute atomic E-state index is 11.5. The van der Waals surface area contributed by atoms with E-state index in [4.69, 9.17) is 16.3 Å². The predicted molar refractivity (Wildman–Crippen MR) is 115 cm³/mol. The number of amides is 1. The fourth-order valence-electron chi connectivity index (χ4n) is 4.25. The Bertz CT molecular complexity index is 878. The summed E-state index contributed by atoms with van der Waals surface area (Å²) in [6.45, 7) is 3.25. The minimum atomic E-state index is -0.834. The lowest BCUT2D eigenvalue weighted by Gasteiger charge is -2.39. The SMILES string of the molecule is O=C1CCc2c(cccc2OCCCN2CCC(O)(c3ccccc3Cl)CC2)N1. The van der Waals surface area contributed by atoms with Crippen molar-refractivity contribution in [2.24, 2.45) is 0 Å². The summed E-state index contributed by atoms with van der Waals surface area (Å²) in [5.74, 6) is 0.936. The number of aliphatic hydroxyl groups is 1. The topological polar surface area (TPSA) is 61.8 Å². The maximum Gasteiger partial charge on any atom is 0.224 e. The smallest absolute Gasteiger partial charge is 0.224 e. The van der Waals surface area contributed by atoms with Crippen molar-refractivity contribution in [1.29, 1.82) is 0 Å². The zero-order chi connectivity index (χ0) is 20.3. The molecule has 2 aromatic rings. The second kappa shape index (κ2) is 8.74. The van der Waals surface area contributed by atoms with Gasteiger partial charge in [0.05, 0.1) is 12.2 Å². The molecule has 29 heavy (non-hydrogen) atoms. The van der Waals surface area contributed by atoms with Gasteiger partial charge in [0.15, 0.2) is 0 Å². The third kappa shape index (κ3) is 4.58. The van der Waals surface area contributed by atoms with Crippen LogP contribution in [0.15, 0.2) is 42.5 Å². The van der Waals surface area contributed by atoms with E-state index < -0.39 is 5.60 Å². The third-order valence-corrected chi connectivity index (χ3v) is 6.27. The van der Waals surface area contributed by atoms with Gasteiger partial charge >= 0.3 is 0 Å². The van der Waals surface area contributed by atoms with Crippen molar-refractivity contribution in [3.63, 3.8) is 0 Å². The van der Waals surface area contributed by atoms with Gasteiger partial charge in [-0.1, -0.05) is 35.9 Å². The Hall–Kier alpha value is -2.08. The van der Waals surface area contributed by atoms with Crippen LogP contribution in [0.3, 0.4) is 0 Å². The first-order valence-electron chi connectivity index (χ1n) is 10.3. The Morgan fingerprint density at radius 2 is 1.90 bits per heavy atom. The molecule has 5 nitrogen and oxygen atoms in total. The average molecular weight is 415 g/mol. The molecule has 0 atom stereocenters. The van der Waals surface area contributed by atoms with E-state index in [0.717, 1.165) is 55.0 Å². The van der Waals surface area contributed by atoms with E-state index in [1.807, 2.05) is 42.5 Å². The molecular weight excluding hydrogens is 388 g/mol. The highest BCUT2D eigenvalue weighted by molar-refractivity contribution is 6.31. The van der Waals surface area contributed by atoms with Crippen molar-refractivity contribution >= 4 is 23.2 Å². The number of carbonyl (C=O) groups excluding carboxylic acids is 1. The molecule has 2 heterocycles. The number of nitrogens with zero attached hydrogens (tertiary/aromatic N) is 1. The monoisotopic (exact) mass is 414 g/mol. The first-order chi connectivity index (χ1) is 14.0. The number of nitrogens with one attached hydrogen (secondary N) is 1. The molecule has 0 aliphatic carbocycles. The highest BCUT2D eigenvalue weighted by Gasteiger charge is 2.35. The third-order valence-electron chi connectivity index (χ3n) is 5.94. The van der Waals surface area contributed by atoms with Gasteiger partial charge in [-0.15, -0.1) is 0 Å². The molecule has 1 saturated heterocycles. The van der Waals surface area contributed by atoms with Crippen molar-refractivity contribution in [2.45, 2.75) is 37.7 Å². The van der Waals surface area contributed by atoms with Crippen molar-refractivity contribution < 1.29 is 14.6 Å². The van der Waals surface area contributed by atoms with E-state index in [-0.39, 0.29) is 5.91 Å². The van der Waals surface area contributed by atoms with E-state index in [2.05, 4.69) is 10.2 Å². The number of benzene rings is 2. The van der Waals surface area contributed by atoms with Crippen LogP contribution >= 0.6 is 11.6 Å². The van der Waals surface area contributed by atoms with E-state index in [1.54, 1.807) is 0 Å². The molecule has 4 rings (SSSR count). The number of rotatable bonds is 6. The van der Waals surface area contributed by atoms with E-state index in [9.17, 15) is 9.90 Å². The molecule has 2 aliphatic heterocycles. The molecule has 0 aromatic heterocycles. The van der Waals surface area contributed by atoms with Crippen LogP contribution in [0, 0.1) is 0 Å². The summed E-state index contributed by atoms with van der Waals surface area (Å²) in [6, 6.07) is 13.4. The van der Waals surface area contributed by atoms with Gasteiger partial charge in [-0.25, -0.2) is 0 Å². The Labute approximate surface area is 176 Å². The zero-order valence-electron chi connectivity index (χ0n) is 16.5. The van der Waals surface area contributed by atoms with Gasteiger partial charge in [-0.05, 0) is 43.9 Å². The summed E-state index contributed by atoms with van der Waals surface area (Å²) in [6.07, 6.45) is 3.52. The van der Waals surface area contributed by atoms with Gasteiger partial charge in [-0.2, -0.15) is 0 Å². The number of carbonyl (C=O) groups is 1. The van der Waals surface area contributed by atoms with Gasteiger partial charge in [0.2, 0.25) is 5.91 Å². The van der Waals surface area contributed by atoms with Crippen molar-refractivity contribution in [3.05, 3.63) is 58.6 Å². The lowest BCUT2D eigenvalue weighted by atomic mass is 9.84. The number of ether oxygens (including phenoxy) is 1. The Morgan fingerprint density at radius 3 is 2.69 bits per heavy atom. The van der Waals surface area contributed by atoms with Gasteiger partial charge in [0, 0.05) is 47.9 Å². The van der Waals surface area contributed by atoms with Gasteiger partial charge in [-0.3, -0.25) is 4.79 Å². The van der Waals surface area contributed by atoms with Gasteiger partial charge < -0.3 is 20.1 Å². The number of piperidine rings is 1. The average Bonchev–Trinajstić information content (AvgIpc) is 2.72. The molecule has 6 heteroatoms. The molecule has 0 spiro atoms. The largest absolute Gasteiger partial charge is 0.493 e. The summed E-state index contributed by atoms with van der Waals surface area (Å²) in [5.41, 5.74) is 1.97. The first-order valence-corrected chi connectivity index (χ1v) is 10.7. The molecule has 0 bridgehead atoms. The van der Waals surface area contributed by atoms with Gasteiger partial charge in [0.1, 0.15) is 5.75 Å². The molecule has 2 aliphatic rings. The number of fused-ring (bicyclic) bond motifs is 1. The number of hydrogen-bond donors (Lipinski definition) is 2. The molecule has 0 unspecified atom stereocenters. The molecule has 2 N–H and O–H groups in total. The van der Waals surface area contributed by atoms with Crippen LogP contribution < -0.4 is 10.1 Å². The van der Waals surface area contributed by atoms with E-state index in [0.29, 0.717) is 30.9 Å². The number of likely N-dealkylation sites (tertiary alicyclic amines) is 1. The van der Waals surface area contributed by atoms with Crippen molar-refractivity contribution in [2.75, 3.05) is 31.6 Å². The van der Waals surface area contributed by atoms with Crippen LogP contribution in [-0.2, 0) is 16.8 Å². The van der Waals surface area contributed by atoms with Crippen LogP contribution in [0.1, 0.15) is 36.8 Å². The summed E-state index contributed by atoms with van der Waals surface area (Å²) >= 11 is 6.29. The lowest BCUT2D eigenvalue weighted by Crippen LogP contribution is -2.43. The second-order valence-corrected chi connectivity index (χ2v) is 8.29. The van der Waals surface area contributed by atoms with Crippen LogP contribution in [0.25, 0.3) is 0 Å². The molecule has 0 saturated carbocycles. The fourth-order valence-corrected chi connectivity index (χ4v) is 4.56. The second-order valence-electron chi connectivity index (χ2n) is 7.89. The predicted octanol–water partition coefficient (Wildman–Crippen LogP) is 3.98. The van der Waals surface area contributed by atoms with E-state index in [1.165, 1.54) is 0 Å².